The SMILES string of the molecule is c1ccc(N(c2ccc3ccccc3c2)c2ccc(-c3ccc4c5ccccc5n(-c5ccccc5)c4c3)c3oc4ccc5ccccc5c4c23)cc1. The van der Waals surface area contributed by atoms with Gasteiger partial charge in [0.25, 0.3) is 0 Å². The molecule has 0 saturated heterocycles. The van der Waals surface area contributed by atoms with Crippen LogP contribution in [-0.2, 0) is 0 Å². The molecule has 0 amide bonds. The zero-order valence-electron chi connectivity index (χ0n) is 28.8. The Hall–Kier alpha value is -7.10. The standard InChI is InChI=1S/C50H32N2O/c1-3-16-37(17-4-1)51(39-26-23-33-13-7-8-15-35(33)31-39)45-29-28-41(50-49(45)48-40-20-10-9-14-34(40)25-30-47(48)53-50)36-24-27-43-42-21-11-12-22-44(42)52(46(43)32-36)38-18-5-2-6-19-38/h1-32H. The molecule has 3 nitrogen and oxygen atoms in total. The van der Waals surface area contributed by atoms with Crippen LogP contribution in [0.4, 0.5) is 17.1 Å². The Morgan fingerprint density at radius 2 is 1.09 bits per heavy atom. The van der Waals surface area contributed by atoms with E-state index in [9.17, 15) is 0 Å². The zero-order valence-corrected chi connectivity index (χ0v) is 28.8. The molecule has 248 valence electrons. The van der Waals surface area contributed by atoms with Crippen LogP contribution < -0.4 is 4.90 Å². The molecule has 0 radical (unpaired) electrons. The predicted molar refractivity (Wildman–Crippen MR) is 223 cm³/mol. The van der Waals surface area contributed by atoms with Crippen molar-refractivity contribution in [3.8, 4) is 16.8 Å². The number of aromatic nitrogens is 1. The topological polar surface area (TPSA) is 21.3 Å². The van der Waals surface area contributed by atoms with Crippen LogP contribution in [0.15, 0.2) is 199 Å². The lowest BCUT2D eigenvalue weighted by Crippen LogP contribution is -2.10. The molecule has 0 saturated carbocycles. The van der Waals surface area contributed by atoms with E-state index in [1.807, 2.05) is 0 Å². The van der Waals surface area contributed by atoms with E-state index in [1.54, 1.807) is 0 Å². The summed E-state index contributed by atoms with van der Waals surface area (Å²) in [7, 11) is 0. The molecule has 3 heteroatoms. The summed E-state index contributed by atoms with van der Waals surface area (Å²) < 4.78 is 9.41. The molecule has 11 aromatic rings. The lowest BCUT2D eigenvalue weighted by atomic mass is 9.97. The van der Waals surface area contributed by atoms with Crippen LogP contribution in [0.2, 0.25) is 0 Å². The second-order valence-corrected chi connectivity index (χ2v) is 13.7. The number of hydrogen-bond donors (Lipinski definition) is 0. The van der Waals surface area contributed by atoms with E-state index in [1.165, 1.54) is 37.8 Å². The molecule has 0 aliphatic heterocycles. The Kier molecular flexibility index (Phi) is 6.55. The van der Waals surface area contributed by atoms with Gasteiger partial charge in [0, 0.05) is 38.8 Å². The van der Waals surface area contributed by atoms with Gasteiger partial charge in [-0.25, -0.2) is 0 Å². The van der Waals surface area contributed by atoms with Crippen LogP contribution >= 0.6 is 0 Å². The monoisotopic (exact) mass is 676 g/mol. The number of nitrogens with zero attached hydrogens (tertiary/aromatic N) is 2. The number of hydrogen-bond acceptors (Lipinski definition) is 2. The minimum atomic E-state index is 0.872. The summed E-state index contributed by atoms with van der Waals surface area (Å²) in [5.74, 6) is 0. The largest absolute Gasteiger partial charge is 0.455 e. The summed E-state index contributed by atoms with van der Waals surface area (Å²) in [5.41, 5.74) is 10.6. The molecule has 0 atom stereocenters. The molecular formula is C50H32N2O. The Labute approximate surface area is 306 Å². The van der Waals surface area contributed by atoms with Crippen molar-refractivity contribution in [2.45, 2.75) is 0 Å². The number of fused-ring (bicyclic) bond motifs is 9. The lowest BCUT2D eigenvalue weighted by molar-refractivity contribution is 0.670. The number of benzene rings is 9. The molecule has 11 rings (SSSR count). The number of furan rings is 1. The van der Waals surface area contributed by atoms with E-state index in [0.717, 1.165) is 61.3 Å². The van der Waals surface area contributed by atoms with Gasteiger partial charge in [-0.1, -0.05) is 127 Å². The zero-order chi connectivity index (χ0) is 34.9. The van der Waals surface area contributed by atoms with Crippen LogP contribution in [-0.4, -0.2) is 4.57 Å². The molecule has 0 bridgehead atoms. The molecule has 2 aromatic heterocycles. The average Bonchev–Trinajstić information content (AvgIpc) is 3.78. The van der Waals surface area contributed by atoms with Gasteiger partial charge in [0.05, 0.1) is 22.1 Å². The third-order valence-electron chi connectivity index (χ3n) is 10.7. The highest BCUT2D eigenvalue weighted by atomic mass is 16.3. The van der Waals surface area contributed by atoms with Crippen molar-refractivity contribution in [1.82, 2.24) is 4.57 Å². The molecule has 53 heavy (non-hydrogen) atoms. The summed E-state index contributed by atoms with van der Waals surface area (Å²) in [5, 5.41) is 9.45. The quantitative estimate of drug-likeness (QED) is 0.181. The van der Waals surface area contributed by atoms with Crippen LogP contribution in [0.3, 0.4) is 0 Å². The predicted octanol–water partition coefficient (Wildman–Crippen LogP) is 14.1. The van der Waals surface area contributed by atoms with Crippen molar-refractivity contribution in [2.75, 3.05) is 4.90 Å². The first-order chi connectivity index (χ1) is 26.3. The van der Waals surface area contributed by atoms with Gasteiger partial charge in [-0.15, -0.1) is 0 Å². The lowest BCUT2D eigenvalue weighted by Gasteiger charge is -2.27. The normalized spacial score (nSPS) is 11.8. The highest BCUT2D eigenvalue weighted by Gasteiger charge is 2.24. The van der Waals surface area contributed by atoms with Crippen molar-refractivity contribution in [2.24, 2.45) is 0 Å². The summed E-state index contributed by atoms with van der Waals surface area (Å²) >= 11 is 0. The van der Waals surface area contributed by atoms with Crippen molar-refractivity contribution in [1.29, 1.82) is 0 Å². The summed E-state index contributed by atoms with van der Waals surface area (Å²) in [6, 6.07) is 69.6. The molecule has 2 heterocycles. The Bertz CT molecular complexity index is 3170. The van der Waals surface area contributed by atoms with Gasteiger partial charge in [0.1, 0.15) is 11.2 Å². The molecule has 0 unspecified atom stereocenters. The fraction of sp³-hybridized carbons (Fsp3) is 0. The van der Waals surface area contributed by atoms with E-state index in [2.05, 4.69) is 204 Å². The van der Waals surface area contributed by atoms with Crippen LogP contribution in [0, 0.1) is 0 Å². The van der Waals surface area contributed by atoms with Gasteiger partial charge in [-0.3, -0.25) is 0 Å². The van der Waals surface area contributed by atoms with E-state index in [0.29, 0.717) is 0 Å². The first-order valence-electron chi connectivity index (χ1n) is 18.1. The second kappa shape index (κ2) is 11.7. The smallest absolute Gasteiger partial charge is 0.145 e. The average molecular weight is 677 g/mol. The molecule has 0 fully saturated rings. The van der Waals surface area contributed by atoms with E-state index < -0.39 is 0 Å². The van der Waals surface area contributed by atoms with Crippen LogP contribution in [0.5, 0.6) is 0 Å². The molecular weight excluding hydrogens is 645 g/mol. The maximum Gasteiger partial charge on any atom is 0.145 e. The van der Waals surface area contributed by atoms with Crippen molar-refractivity contribution in [3.05, 3.63) is 194 Å². The molecule has 0 aliphatic rings. The van der Waals surface area contributed by atoms with Gasteiger partial charge in [-0.2, -0.15) is 0 Å². The Balaban J connectivity index is 1.23. The maximum absolute atomic E-state index is 7.03. The van der Waals surface area contributed by atoms with E-state index in [-0.39, 0.29) is 0 Å². The maximum atomic E-state index is 7.03. The van der Waals surface area contributed by atoms with Crippen molar-refractivity contribution >= 4 is 82.4 Å². The van der Waals surface area contributed by atoms with Crippen LogP contribution in [0.25, 0.3) is 82.1 Å². The summed E-state index contributed by atoms with van der Waals surface area (Å²) in [6.07, 6.45) is 0. The van der Waals surface area contributed by atoms with Crippen LogP contribution in [0.1, 0.15) is 0 Å². The summed E-state index contributed by atoms with van der Waals surface area (Å²) in [6.45, 7) is 0. The molecule has 0 N–H and O–H groups in total. The minimum absolute atomic E-state index is 0.872. The summed E-state index contributed by atoms with van der Waals surface area (Å²) in [4.78, 5) is 2.38. The fourth-order valence-electron chi connectivity index (χ4n) is 8.35. The first kappa shape index (κ1) is 29.6. The minimum Gasteiger partial charge on any atom is -0.455 e. The number of rotatable bonds is 5. The van der Waals surface area contributed by atoms with Gasteiger partial charge in [0.15, 0.2) is 0 Å². The fourth-order valence-corrected chi connectivity index (χ4v) is 8.35. The first-order valence-corrected chi connectivity index (χ1v) is 18.1. The third kappa shape index (κ3) is 4.61. The van der Waals surface area contributed by atoms with Crippen molar-refractivity contribution in [3.63, 3.8) is 0 Å². The highest BCUT2D eigenvalue weighted by Crippen LogP contribution is 2.48. The van der Waals surface area contributed by atoms with Gasteiger partial charge in [-0.05, 0) is 93.8 Å². The molecule has 0 spiro atoms. The highest BCUT2D eigenvalue weighted by molar-refractivity contribution is 6.25. The van der Waals surface area contributed by atoms with Gasteiger partial charge in [0.2, 0.25) is 0 Å². The third-order valence-corrected chi connectivity index (χ3v) is 10.7. The Morgan fingerprint density at radius 3 is 1.94 bits per heavy atom. The molecule has 9 aromatic carbocycles. The van der Waals surface area contributed by atoms with Gasteiger partial charge < -0.3 is 13.9 Å². The number of anilines is 3. The van der Waals surface area contributed by atoms with E-state index in [4.69, 9.17) is 4.42 Å². The molecule has 0 aliphatic carbocycles. The second-order valence-electron chi connectivity index (χ2n) is 13.7. The Morgan fingerprint density at radius 1 is 0.415 bits per heavy atom. The number of para-hydroxylation sites is 3. The van der Waals surface area contributed by atoms with Gasteiger partial charge >= 0.3 is 0 Å². The van der Waals surface area contributed by atoms with Crippen molar-refractivity contribution < 1.29 is 4.42 Å². The van der Waals surface area contributed by atoms with E-state index >= 15 is 0 Å².